The average Bonchev–Trinajstić information content (AvgIpc) is 3.36. The topological polar surface area (TPSA) is 59.2 Å². The number of nitrogens with zero attached hydrogens (tertiary/aromatic N) is 3. The van der Waals surface area contributed by atoms with E-state index >= 15 is 0 Å². The molecule has 0 bridgehead atoms. The number of fused-ring (bicyclic) bond motifs is 1. The van der Waals surface area contributed by atoms with E-state index in [0.717, 1.165) is 28.8 Å². The summed E-state index contributed by atoms with van der Waals surface area (Å²) in [5.41, 5.74) is 2.58. The first kappa shape index (κ1) is 18.2. The van der Waals surface area contributed by atoms with Crippen LogP contribution in [0.4, 0.5) is 0 Å². The molecule has 5 nitrogen and oxygen atoms in total. The van der Waals surface area contributed by atoms with Crippen LogP contribution in [0.5, 0.6) is 0 Å². The largest absolute Gasteiger partial charge is 0.335 e. The molecule has 1 fully saturated rings. The lowest BCUT2D eigenvalue weighted by Gasteiger charge is -2.33. The number of pyridine rings is 1. The molecule has 0 spiro atoms. The van der Waals surface area contributed by atoms with Crippen molar-refractivity contribution in [3.63, 3.8) is 0 Å². The fraction of sp³-hybridized carbons (Fsp3) is 0.476. The lowest BCUT2D eigenvalue weighted by molar-refractivity contribution is 0.0615. The lowest BCUT2D eigenvalue weighted by Crippen LogP contribution is -2.43. The summed E-state index contributed by atoms with van der Waals surface area (Å²) in [6.07, 6.45) is 4.55. The summed E-state index contributed by atoms with van der Waals surface area (Å²) in [5.74, 6) is 0.0603. The summed E-state index contributed by atoms with van der Waals surface area (Å²) < 4.78 is 5.45. The van der Waals surface area contributed by atoms with Crippen LogP contribution in [0.3, 0.4) is 0 Å². The number of carbonyl (C=O) groups is 1. The fourth-order valence-corrected chi connectivity index (χ4v) is 4.93. The maximum atomic E-state index is 13.7. The Morgan fingerprint density at radius 3 is 2.63 bits per heavy atom. The van der Waals surface area contributed by atoms with Crippen LogP contribution in [0.1, 0.15) is 60.5 Å². The molecule has 0 aromatic carbocycles. The van der Waals surface area contributed by atoms with Gasteiger partial charge in [-0.2, -0.15) is 0 Å². The quantitative estimate of drug-likeness (QED) is 0.608. The Morgan fingerprint density at radius 1 is 1.26 bits per heavy atom. The van der Waals surface area contributed by atoms with Crippen LogP contribution in [-0.4, -0.2) is 33.0 Å². The minimum absolute atomic E-state index is 0.0603. The van der Waals surface area contributed by atoms with E-state index in [-0.39, 0.29) is 11.9 Å². The highest BCUT2D eigenvalue weighted by molar-refractivity contribution is 7.15. The van der Waals surface area contributed by atoms with Crippen molar-refractivity contribution < 1.29 is 9.32 Å². The van der Waals surface area contributed by atoms with E-state index in [1.165, 1.54) is 17.7 Å². The van der Waals surface area contributed by atoms with Crippen LogP contribution in [0.15, 0.2) is 22.7 Å². The van der Waals surface area contributed by atoms with E-state index in [4.69, 9.17) is 4.52 Å². The molecule has 1 saturated carbocycles. The molecule has 6 heteroatoms. The highest BCUT2D eigenvalue weighted by Crippen LogP contribution is 2.33. The molecule has 0 atom stereocenters. The molecular weight excluding hydrogens is 358 g/mol. The molecule has 0 saturated heterocycles. The first-order valence-corrected chi connectivity index (χ1v) is 10.4. The molecule has 0 N–H and O–H groups in total. The van der Waals surface area contributed by atoms with E-state index < -0.39 is 0 Å². The van der Waals surface area contributed by atoms with Crippen molar-refractivity contribution >= 4 is 28.3 Å². The number of rotatable bonds is 4. The zero-order chi connectivity index (χ0) is 19.1. The Balaban J connectivity index is 1.85. The minimum Gasteiger partial charge on any atom is -0.335 e. The Kier molecular flexibility index (Phi) is 4.76. The summed E-state index contributed by atoms with van der Waals surface area (Å²) in [4.78, 5) is 22.6. The summed E-state index contributed by atoms with van der Waals surface area (Å²) in [6.45, 7) is 8.13. The van der Waals surface area contributed by atoms with Gasteiger partial charge in [-0.3, -0.25) is 4.79 Å². The van der Waals surface area contributed by atoms with Crippen molar-refractivity contribution in [2.75, 3.05) is 0 Å². The second-order valence-electron chi connectivity index (χ2n) is 7.66. The van der Waals surface area contributed by atoms with Crippen molar-refractivity contribution in [3.8, 4) is 10.6 Å². The van der Waals surface area contributed by atoms with Crippen molar-refractivity contribution in [3.05, 3.63) is 34.3 Å². The van der Waals surface area contributed by atoms with Gasteiger partial charge < -0.3 is 9.42 Å². The summed E-state index contributed by atoms with van der Waals surface area (Å²) in [7, 11) is 0. The van der Waals surface area contributed by atoms with Crippen LogP contribution >= 0.6 is 11.3 Å². The maximum absolute atomic E-state index is 13.7. The van der Waals surface area contributed by atoms with Gasteiger partial charge in [-0.15, -0.1) is 11.3 Å². The molecule has 3 heterocycles. The summed E-state index contributed by atoms with van der Waals surface area (Å²) in [5, 5.41) is 4.81. The van der Waals surface area contributed by atoms with Crippen LogP contribution in [0, 0.1) is 13.8 Å². The van der Waals surface area contributed by atoms with Crippen molar-refractivity contribution in [2.24, 2.45) is 0 Å². The number of amides is 1. The van der Waals surface area contributed by atoms with Gasteiger partial charge in [-0.05, 0) is 58.7 Å². The van der Waals surface area contributed by atoms with Crippen LogP contribution in [0.2, 0.25) is 0 Å². The zero-order valence-electron chi connectivity index (χ0n) is 16.3. The first-order valence-electron chi connectivity index (χ1n) is 9.62. The fourth-order valence-electron chi connectivity index (χ4n) is 4.11. The van der Waals surface area contributed by atoms with E-state index in [1.54, 1.807) is 11.3 Å². The van der Waals surface area contributed by atoms with Crippen LogP contribution < -0.4 is 0 Å². The SMILES string of the molecule is Cc1ccc(-c2cc(C(=O)N(C(C)C)C3CCCC3)c3c(C)noc3n2)s1. The van der Waals surface area contributed by atoms with Crippen LogP contribution in [-0.2, 0) is 0 Å². The Morgan fingerprint density at radius 2 is 2.00 bits per heavy atom. The summed E-state index contributed by atoms with van der Waals surface area (Å²) in [6, 6.07) is 6.50. The minimum atomic E-state index is 0.0603. The van der Waals surface area contributed by atoms with Gasteiger partial charge in [0.05, 0.1) is 27.2 Å². The van der Waals surface area contributed by atoms with Gasteiger partial charge in [0.2, 0.25) is 0 Å². The normalized spacial score (nSPS) is 15.1. The van der Waals surface area contributed by atoms with Crippen molar-refractivity contribution in [1.29, 1.82) is 0 Å². The number of hydrogen-bond acceptors (Lipinski definition) is 5. The number of aryl methyl sites for hydroxylation is 2. The lowest BCUT2D eigenvalue weighted by atomic mass is 10.0. The van der Waals surface area contributed by atoms with Gasteiger partial charge >= 0.3 is 0 Å². The van der Waals surface area contributed by atoms with Crippen molar-refractivity contribution in [1.82, 2.24) is 15.0 Å². The molecule has 1 amide bonds. The average molecular weight is 384 g/mol. The predicted octanol–water partition coefficient (Wildman–Crippen LogP) is 5.36. The summed E-state index contributed by atoms with van der Waals surface area (Å²) >= 11 is 1.67. The van der Waals surface area contributed by atoms with Gasteiger partial charge in [0.15, 0.2) is 0 Å². The third-order valence-electron chi connectivity index (χ3n) is 5.35. The first-order chi connectivity index (χ1) is 13.0. The molecule has 4 rings (SSSR count). The molecule has 27 heavy (non-hydrogen) atoms. The second kappa shape index (κ2) is 7.08. The smallest absolute Gasteiger partial charge is 0.259 e. The van der Waals surface area contributed by atoms with Gasteiger partial charge in [-0.1, -0.05) is 18.0 Å². The maximum Gasteiger partial charge on any atom is 0.259 e. The molecule has 1 aliphatic rings. The Bertz CT molecular complexity index is 983. The van der Waals surface area contributed by atoms with Crippen molar-refractivity contribution in [2.45, 2.75) is 65.5 Å². The van der Waals surface area contributed by atoms with Gasteiger partial charge in [0.1, 0.15) is 0 Å². The Labute approximate surface area is 163 Å². The van der Waals surface area contributed by atoms with E-state index in [1.807, 2.05) is 19.1 Å². The van der Waals surface area contributed by atoms with E-state index in [2.05, 4.69) is 41.9 Å². The van der Waals surface area contributed by atoms with Gasteiger partial charge in [0, 0.05) is 17.0 Å². The van der Waals surface area contributed by atoms with E-state index in [0.29, 0.717) is 23.0 Å². The van der Waals surface area contributed by atoms with Crippen LogP contribution in [0.25, 0.3) is 21.7 Å². The molecule has 3 aromatic rings. The van der Waals surface area contributed by atoms with Gasteiger partial charge in [-0.25, -0.2) is 4.98 Å². The third-order valence-corrected chi connectivity index (χ3v) is 6.37. The zero-order valence-corrected chi connectivity index (χ0v) is 17.1. The standard InChI is InChI=1S/C21H25N3O2S/c1-12(2)24(15-7-5-6-8-15)21(25)16-11-17(18-10-9-13(3)27-18)22-20-19(16)14(4)23-26-20/h9-12,15H,5-8H2,1-4H3. The molecule has 142 valence electrons. The molecular formula is C21H25N3O2S. The number of thiophene rings is 1. The molecule has 0 aliphatic heterocycles. The molecule has 3 aromatic heterocycles. The molecule has 1 aliphatic carbocycles. The van der Waals surface area contributed by atoms with Gasteiger partial charge in [0.25, 0.3) is 11.6 Å². The second-order valence-corrected chi connectivity index (χ2v) is 8.95. The van der Waals surface area contributed by atoms with E-state index in [9.17, 15) is 4.79 Å². The number of aromatic nitrogens is 2. The molecule has 0 radical (unpaired) electrons. The number of carbonyl (C=O) groups excluding carboxylic acids is 1. The molecule has 0 unspecified atom stereocenters. The highest BCUT2D eigenvalue weighted by Gasteiger charge is 2.31. The Hall–Kier alpha value is -2.21. The number of hydrogen-bond donors (Lipinski definition) is 0. The third kappa shape index (κ3) is 3.27. The predicted molar refractivity (Wildman–Crippen MR) is 108 cm³/mol. The monoisotopic (exact) mass is 383 g/mol. The highest BCUT2D eigenvalue weighted by atomic mass is 32.1.